The molecule has 0 aliphatic rings. The van der Waals surface area contributed by atoms with Gasteiger partial charge in [0, 0.05) is 18.2 Å². The maximum atomic E-state index is 10.6. The summed E-state index contributed by atoms with van der Waals surface area (Å²) in [7, 11) is 3.16. The van der Waals surface area contributed by atoms with E-state index >= 15 is 0 Å². The molecule has 110 valence electrons. The zero-order chi connectivity index (χ0) is 15.8. The molecule has 0 N–H and O–H groups in total. The smallest absolute Gasteiger partial charge is 0.269 e. The first-order chi connectivity index (χ1) is 10.1. The number of ether oxygens (including phenoxy) is 2. The van der Waals surface area contributed by atoms with Crippen LogP contribution in [0.2, 0.25) is 0 Å². The Morgan fingerprint density at radius 1 is 0.905 bits per heavy atom. The molecule has 0 unspecified atom stereocenters. The highest BCUT2D eigenvalue weighted by atomic mass is 16.6. The Morgan fingerprint density at radius 2 is 1.38 bits per heavy atom. The summed E-state index contributed by atoms with van der Waals surface area (Å²) in [5.74, 6) is 1.35. The summed E-state index contributed by atoms with van der Waals surface area (Å²) >= 11 is 0. The third-order valence-corrected chi connectivity index (χ3v) is 2.76. The summed E-state index contributed by atoms with van der Waals surface area (Å²) in [5.41, 5.74) is 1.81. The average molecular weight is 287 g/mol. The first kappa shape index (κ1) is 16.2. The Bertz CT molecular complexity index is 586. The molecular weight excluding hydrogens is 270 g/mol. The largest absolute Gasteiger partial charge is 0.497 e. The molecule has 5 heteroatoms. The number of nitrogens with zero attached hydrogens (tertiary/aromatic N) is 1. The summed E-state index contributed by atoms with van der Waals surface area (Å²) in [4.78, 5) is 10.2. The molecule has 2 aromatic rings. The van der Waals surface area contributed by atoms with E-state index in [1.54, 1.807) is 32.4 Å². The number of methoxy groups -OCH3 is 2. The van der Waals surface area contributed by atoms with E-state index in [4.69, 9.17) is 9.47 Å². The van der Waals surface area contributed by atoms with E-state index in [9.17, 15) is 10.1 Å². The molecule has 5 nitrogen and oxygen atoms in total. The van der Waals surface area contributed by atoms with E-state index in [0.717, 1.165) is 11.1 Å². The number of nitro benzene ring substituents is 1. The zero-order valence-electron chi connectivity index (χ0n) is 12.0. The lowest BCUT2D eigenvalue weighted by atomic mass is 10.0. The molecule has 0 bridgehead atoms. The monoisotopic (exact) mass is 287 g/mol. The van der Waals surface area contributed by atoms with Gasteiger partial charge in [-0.25, -0.2) is 0 Å². The van der Waals surface area contributed by atoms with Crippen LogP contribution >= 0.6 is 0 Å². The van der Waals surface area contributed by atoms with E-state index < -0.39 is 4.92 Å². The van der Waals surface area contributed by atoms with Crippen LogP contribution in [-0.4, -0.2) is 19.1 Å². The van der Waals surface area contributed by atoms with Crippen molar-refractivity contribution < 1.29 is 14.4 Å². The number of rotatable bonds is 4. The predicted octanol–water partition coefficient (Wildman–Crippen LogP) is 4.08. The zero-order valence-corrected chi connectivity index (χ0v) is 12.0. The van der Waals surface area contributed by atoms with Crippen molar-refractivity contribution in [2.75, 3.05) is 14.2 Å². The van der Waals surface area contributed by atoms with Gasteiger partial charge in [-0.3, -0.25) is 10.1 Å². The second kappa shape index (κ2) is 7.69. The topological polar surface area (TPSA) is 61.6 Å². The van der Waals surface area contributed by atoms with Gasteiger partial charge in [-0.2, -0.15) is 0 Å². The lowest BCUT2D eigenvalue weighted by Crippen LogP contribution is -1.90. The second-order valence-corrected chi connectivity index (χ2v) is 3.91. The standard InChI is InChI=1S/C14H13NO4.C2H4/c1-18-13-7-11(8-14(9-13)19-2)10-3-5-12(6-4-10)15(16)17;1-2/h3-9H,1-2H3;1-2H2. The highest BCUT2D eigenvalue weighted by Crippen LogP contribution is 2.30. The van der Waals surface area contributed by atoms with Crippen molar-refractivity contribution in [1.29, 1.82) is 0 Å². The Morgan fingerprint density at radius 3 is 1.76 bits per heavy atom. The molecule has 0 atom stereocenters. The molecule has 2 rings (SSSR count). The van der Waals surface area contributed by atoms with Crippen LogP contribution in [0.1, 0.15) is 0 Å². The molecule has 0 heterocycles. The van der Waals surface area contributed by atoms with Crippen LogP contribution in [0.15, 0.2) is 55.6 Å². The first-order valence-electron chi connectivity index (χ1n) is 6.12. The van der Waals surface area contributed by atoms with Crippen LogP contribution in [-0.2, 0) is 0 Å². The number of non-ortho nitro benzene ring substituents is 1. The Labute approximate surface area is 123 Å². The lowest BCUT2D eigenvalue weighted by Gasteiger charge is -2.08. The number of hydrogen-bond acceptors (Lipinski definition) is 4. The molecule has 0 aliphatic heterocycles. The summed E-state index contributed by atoms with van der Waals surface area (Å²) in [5, 5.41) is 10.6. The van der Waals surface area contributed by atoms with Crippen molar-refractivity contribution >= 4 is 5.69 Å². The molecule has 21 heavy (non-hydrogen) atoms. The van der Waals surface area contributed by atoms with Gasteiger partial charge >= 0.3 is 0 Å². The summed E-state index contributed by atoms with van der Waals surface area (Å²) in [6.07, 6.45) is 0. The minimum absolute atomic E-state index is 0.0682. The molecular formula is C16H17NO4. The minimum Gasteiger partial charge on any atom is -0.497 e. The normalized spacial score (nSPS) is 9.24. The van der Waals surface area contributed by atoms with Crippen molar-refractivity contribution in [3.05, 3.63) is 65.7 Å². The highest BCUT2D eigenvalue weighted by molar-refractivity contribution is 5.68. The van der Waals surface area contributed by atoms with Crippen LogP contribution in [0.3, 0.4) is 0 Å². The Hall–Kier alpha value is -2.82. The first-order valence-corrected chi connectivity index (χ1v) is 6.12. The van der Waals surface area contributed by atoms with Crippen LogP contribution in [0.5, 0.6) is 11.5 Å². The van der Waals surface area contributed by atoms with Gasteiger partial charge < -0.3 is 9.47 Å². The van der Waals surface area contributed by atoms with Crippen LogP contribution in [0.25, 0.3) is 11.1 Å². The highest BCUT2D eigenvalue weighted by Gasteiger charge is 2.07. The van der Waals surface area contributed by atoms with Gasteiger partial charge in [0.2, 0.25) is 0 Å². The summed E-state index contributed by atoms with van der Waals surface area (Å²) in [6.45, 7) is 6.00. The van der Waals surface area contributed by atoms with Gasteiger partial charge in [-0.1, -0.05) is 0 Å². The van der Waals surface area contributed by atoms with E-state index in [2.05, 4.69) is 13.2 Å². The SMILES string of the molecule is C=C.COc1cc(OC)cc(-c2ccc([N+](=O)[O-])cc2)c1. The summed E-state index contributed by atoms with van der Waals surface area (Å²) < 4.78 is 10.4. The van der Waals surface area contributed by atoms with Crippen molar-refractivity contribution in [2.45, 2.75) is 0 Å². The fourth-order valence-electron chi connectivity index (χ4n) is 1.75. The summed E-state index contributed by atoms with van der Waals surface area (Å²) in [6, 6.07) is 11.8. The second-order valence-electron chi connectivity index (χ2n) is 3.91. The van der Waals surface area contributed by atoms with Crippen molar-refractivity contribution in [1.82, 2.24) is 0 Å². The van der Waals surface area contributed by atoms with Gasteiger partial charge in [0.15, 0.2) is 0 Å². The molecule has 0 aliphatic carbocycles. The minimum atomic E-state index is -0.421. The molecule has 0 radical (unpaired) electrons. The predicted molar refractivity (Wildman–Crippen MR) is 82.9 cm³/mol. The van der Waals surface area contributed by atoms with Crippen LogP contribution < -0.4 is 9.47 Å². The third-order valence-electron chi connectivity index (χ3n) is 2.76. The van der Waals surface area contributed by atoms with E-state index in [1.165, 1.54) is 12.1 Å². The van der Waals surface area contributed by atoms with E-state index in [0.29, 0.717) is 11.5 Å². The molecule has 0 spiro atoms. The third kappa shape index (κ3) is 4.07. The number of hydrogen-bond donors (Lipinski definition) is 0. The van der Waals surface area contributed by atoms with Gasteiger partial charge in [-0.15, -0.1) is 13.2 Å². The number of nitro groups is 1. The Balaban J connectivity index is 0.00000106. The van der Waals surface area contributed by atoms with Crippen LogP contribution in [0, 0.1) is 10.1 Å². The molecule has 0 saturated heterocycles. The van der Waals surface area contributed by atoms with Crippen molar-refractivity contribution in [3.63, 3.8) is 0 Å². The average Bonchev–Trinajstić information content (AvgIpc) is 2.56. The molecule has 0 fully saturated rings. The van der Waals surface area contributed by atoms with Crippen molar-refractivity contribution in [3.8, 4) is 22.6 Å². The van der Waals surface area contributed by atoms with Gasteiger partial charge in [0.1, 0.15) is 11.5 Å². The van der Waals surface area contributed by atoms with Crippen molar-refractivity contribution in [2.24, 2.45) is 0 Å². The number of benzene rings is 2. The van der Waals surface area contributed by atoms with Gasteiger partial charge in [0.05, 0.1) is 19.1 Å². The maximum absolute atomic E-state index is 10.6. The van der Waals surface area contributed by atoms with E-state index in [1.807, 2.05) is 12.1 Å². The quantitative estimate of drug-likeness (QED) is 0.483. The van der Waals surface area contributed by atoms with Crippen LogP contribution in [0.4, 0.5) is 5.69 Å². The lowest BCUT2D eigenvalue weighted by molar-refractivity contribution is -0.384. The molecule has 0 amide bonds. The molecule has 2 aromatic carbocycles. The fourth-order valence-corrected chi connectivity index (χ4v) is 1.75. The maximum Gasteiger partial charge on any atom is 0.269 e. The van der Waals surface area contributed by atoms with E-state index in [-0.39, 0.29) is 5.69 Å². The van der Waals surface area contributed by atoms with Gasteiger partial charge in [-0.05, 0) is 35.4 Å². The fraction of sp³-hybridized carbons (Fsp3) is 0.125. The van der Waals surface area contributed by atoms with Gasteiger partial charge in [0.25, 0.3) is 5.69 Å². The molecule has 0 saturated carbocycles. The Kier molecular flexibility index (Phi) is 5.95. The molecule has 0 aromatic heterocycles.